The van der Waals surface area contributed by atoms with Gasteiger partial charge in [-0.2, -0.15) is 17.9 Å². The van der Waals surface area contributed by atoms with E-state index in [4.69, 9.17) is 5.73 Å². The summed E-state index contributed by atoms with van der Waals surface area (Å²) in [5, 5.41) is 12.6. The highest BCUT2D eigenvalue weighted by Crippen LogP contribution is 2.65. The third-order valence-corrected chi connectivity index (χ3v) is 9.72. The van der Waals surface area contributed by atoms with Gasteiger partial charge in [-0.15, -0.1) is 0 Å². The van der Waals surface area contributed by atoms with Crippen LogP contribution in [-0.2, 0) is 19.8 Å². The van der Waals surface area contributed by atoms with Gasteiger partial charge < -0.3 is 16.2 Å². The van der Waals surface area contributed by atoms with Crippen LogP contribution in [0.3, 0.4) is 0 Å². The quantitative estimate of drug-likeness (QED) is 0.256. The molecular weight excluding hydrogens is 432 g/mol. The third-order valence-electron chi connectivity index (χ3n) is 8.53. The fourth-order valence-corrected chi connectivity index (χ4v) is 6.96. The molecule has 6 N–H and O–H groups in total. The number of rotatable bonds is 13. The van der Waals surface area contributed by atoms with Crippen LogP contribution in [0.4, 0.5) is 0 Å². The molecule has 184 valence electrons. The Balaban J connectivity index is 1.65. The Morgan fingerprint density at radius 1 is 1.09 bits per heavy atom. The number of carbonyl (C=O) groups excluding carboxylic acids is 1. The van der Waals surface area contributed by atoms with Gasteiger partial charge >= 0.3 is 5.97 Å². The molecule has 3 aliphatic carbocycles. The number of carbonyl (C=O) groups is 2. The van der Waals surface area contributed by atoms with Crippen LogP contribution in [-0.4, -0.2) is 50.1 Å². The van der Waals surface area contributed by atoms with Crippen molar-refractivity contribution in [2.75, 3.05) is 6.54 Å². The maximum absolute atomic E-state index is 13.2. The minimum Gasteiger partial charge on any atom is -0.480 e. The van der Waals surface area contributed by atoms with Crippen LogP contribution in [0.5, 0.6) is 0 Å². The molecule has 3 saturated carbocycles. The number of carboxylic acids is 1. The summed E-state index contributed by atoms with van der Waals surface area (Å²) in [5.74, 6) is -0.678. The molecule has 0 unspecified atom stereocenters. The minimum absolute atomic E-state index is 0.00796. The molecular formula is C22H40N4O5S. The molecule has 0 aromatic carbocycles. The highest BCUT2D eigenvalue weighted by atomic mass is 32.2. The van der Waals surface area contributed by atoms with Gasteiger partial charge in [-0.3, -0.25) is 9.59 Å². The monoisotopic (exact) mass is 472 g/mol. The van der Waals surface area contributed by atoms with Gasteiger partial charge in [0.05, 0.1) is 0 Å². The SMILES string of the molecule is CC1(C)[C@@H]2CC[C@@]1(C)[C@@H](NC(=O)[C@H](CC1CC1)NS(=O)(=O)N[C@@H](CCCCN)C(=O)O)C2. The van der Waals surface area contributed by atoms with E-state index in [0.717, 1.165) is 25.7 Å². The number of hydrogen-bond donors (Lipinski definition) is 5. The Morgan fingerprint density at radius 3 is 2.25 bits per heavy atom. The first kappa shape index (κ1) is 25.4. The molecule has 3 aliphatic rings. The van der Waals surface area contributed by atoms with E-state index in [1.807, 2.05) is 0 Å². The average molecular weight is 473 g/mol. The highest BCUT2D eigenvalue weighted by Gasteiger charge is 2.61. The molecule has 32 heavy (non-hydrogen) atoms. The maximum Gasteiger partial charge on any atom is 0.321 e. The van der Waals surface area contributed by atoms with Crippen LogP contribution in [0, 0.1) is 22.7 Å². The van der Waals surface area contributed by atoms with Crippen molar-refractivity contribution >= 4 is 22.1 Å². The van der Waals surface area contributed by atoms with Gasteiger partial charge in [0, 0.05) is 6.04 Å². The van der Waals surface area contributed by atoms with E-state index in [2.05, 4.69) is 35.5 Å². The lowest BCUT2D eigenvalue weighted by Crippen LogP contribution is -2.56. The molecule has 9 nitrogen and oxygen atoms in total. The van der Waals surface area contributed by atoms with Gasteiger partial charge in [0.2, 0.25) is 5.91 Å². The zero-order valence-electron chi connectivity index (χ0n) is 19.5. The van der Waals surface area contributed by atoms with Crippen molar-refractivity contribution in [2.45, 2.75) is 96.7 Å². The molecule has 0 radical (unpaired) electrons. The molecule has 2 bridgehead atoms. The molecule has 1 amide bonds. The fraction of sp³-hybridized carbons (Fsp3) is 0.909. The van der Waals surface area contributed by atoms with Crippen molar-refractivity contribution in [3.63, 3.8) is 0 Å². The molecule has 0 spiro atoms. The van der Waals surface area contributed by atoms with Crippen LogP contribution in [0.1, 0.15) is 78.6 Å². The summed E-state index contributed by atoms with van der Waals surface area (Å²) >= 11 is 0. The lowest BCUT2D eigenvalue weighted by atomic mass is 9.69. The summed E-state index contributed by atoms with van der Waals surface area (Å²) in [6.07, 6.45) is 6.77. The van der Waals surface area contributed by atoms with Gasteiger partial charge in [0.15, 0.2) is 0 Å². The number of carboxylic acid groups (broad SMARTS) is 1. The smallest absolute Gasteiger partial charge is 0.321 e. The Kier molecular flexibility index (Phi) is 7.59. The van der Waals surface area contributed by atoms with Gasteiger partial charge in [-0.05, 0) is 67.7 Å². The summed E-state index contributed by atoms with van der Waals surface area (Å²) in [5.41, 5.74) is 5.57. The van der Waals surface area contributed by atoms with E-state index in [1.54, 1.807) is 0 Å². The van der Waals surface area contributed by atoms with Crippen LogP contribution in [0.15, 0.2) is 0 Å². The standard InChI is InChI=1S/C22H40N4O5S/c1-21(2)15-9-10-22(21,3)18(13-15)24-19(27)17(12-14-7-8-14)26-32(30,31)25-16(20(28)29)6-4-5-11-23/h14-18,25-26H,4-13,23H2,1-3H3,(H,24,27)(H,28,29)/t15-,16+,17+,18+,22+/m1/s1. The topological polar surface area (TPSA) is 151 Å². The van der Waals surface area contributed by atoms with E-state index in [-0.39, 0.29) is 29.2 Å². The molecule has 0 aromatic heterocycles. The number of nitrogens with two attached hydrogens (primary N) is 1. The van der Waals surface area contributed by atoms with E-state index < -0.39 is 28.3 Å². The molecule has 0 saturated heterocycles. The van der Waals surface area contributed by atoms with E-state index >= 15 is 0 Å². The van der Waals surface area contributed by atoms with E-state index in [9.17, 15) is 23.1 Å². The van der Waals surface area contributed by atoms with Crippen LogP contribution in [0.25, 0.3) is 0 Å². The Morgan fingerprint density at radius 2 is 1.75 bits per heavy atom. The predicted molar refractivity (Wildman–Crippen MR) is 122 cm³/mol. The molecule has 5 atom stereocenters. The first-order chi connectivity index (χ1) is 14.9. The van der Waals surface area contributed by atoms with E-state index in [0.29, 0.717) is 37.6 Å². The highest BCUT2D eigenvalue weighted by molar-refractivity contribution is 7.87. The summed E-state index contributed by atoms with van der Waals surface area (Å²) in [7, 11) is -4.18. The van der Waals surface area contributed by atoms with Gasteiger partial charge in [-0.1, -0.05) is 40.0 Å². The maximum atomic E-state index is 13.2. The van der Waals surface area contributed by atoms with Crippen molar-refractivity contribution in [3.8, 4) is 0 Å². The second-order valence-corrected chi connectivity index (χ2v) is 12.3. The first-order valence-corrected chi connectivity index (χ1v) is 13.4. The molecule has 0 heterocycles. The Labute approximate surface area is 191 Å². The summed E-state index contributed by atoms with van der Waals surface area (Å²) in [4.78, 5) is 24.7. The third kappa shape index (κ3) is 5.46. The number of nitrogens with one attached hydrogen (secondary N) is 3. The lowest BCUT2D eigenvalue weighted by Gasteiger charge is -2.40. The first-order valence-electron chi connectivity index (χ1n) is 11.9. The second kappa shape index (κ2) is 9.56. The van der Waals surface area contributed by atoms with Crippen molar-refractivity contribution < 1.29 is 23.1 Å². The normalized spacial score (nSPS) is 30.8. The van der Waals surface area contributed by atoms with Crippen molar-refractivity contribution in [1.29, 1.82) is 0 Å². The summed E-state index contributed by atoms with van der Waals surface area (Å²) in [6.45, 7) is 7.17. The van der Waals surface area contributed by atoms with Gasteiger partial charge in [0.25, 0.3) is 10.2 Å². The number of hydrogen-bond acceptors (Lipinski definition) is 5. The number of aliphatic carboxylic acids is 1. The van der Waals surface area contributed by atoms with Crippen molar-refractivity contribution in [3.05, 3.63) is 0 Å². The summed E-state index contributed by atoms with van der Waals surface area (Å²) in [6, 6.07) is -2.15. The average Bonchev–Trinajstić information content (AvgIpc) is 3.45. The zero-order chi connectivity index (χ0) is 23.7. The Hall–Kier alpha value is -1.23. The minimum atomic E-state index is -4.18. The van der Waals surface area contributed by atoms with Crippen molar-refractivity contribution in [1.82, 2.24) is 14.8 Å². The number of unbranched alkanes of at least 4 members (excludes halogenated alkanes) is 1. The fourth-order valence-electron chi connectivity index (χ4n) is 5.72. The molecule has 10 heteroatoms. The van der Waals surface area contributed by atoms with Crippen LogP contribution in [0.2, 0.25) is 0 Å². The molecule has 3 rings (SSSR count). The summed E-state index contributed by atoms with van der Waals surface area (Å²) < 4.78 is 30.1. The second-order valence-electron chi connectivity index (χ2n) is 10.8. The molecule has 0 aromatic rings. The Bertz CT molecular complexity index is 813. The molecule has 3 fully saturated rings. The number of amides is 1. The predicted octanol–water partition coefficient (Wildman–Crippen LogP) is 1.49. The molecule has 0 aliphatic heterocycles. The van der Waals surface area contributed by atoms with Crippen LogP contribution < -0.4 is 20.5 Å². The van der Waals surface area contributed by atoms with Gasteiger partial charge in [0.1, 0.15) is 12.1 Å². The van der Waals surface area contributed by atoms with E-state index in [1.165, 1.54) is 6.42 Å². The van der Waals surface area contributed by atoms with Gasteiger partial charge in [-0.25, -0.2) is 0 Å². The largest absolute Gasteiger partial charge is 0.480 e. The zero-order valence-corrected chi connectivity index (χ0v) is 20.3. The number of fused-ring (bicyclic) bond motifs is 2. The lowest BCUT2D eigenvalue weighted by molar-refractivity contribution is -0.139. The van der Waals surface area contributed by atoms with Crippen molar-refractivity contribution in [2.24, 2.45) is 28.4 Å². The van der Waals surface area contributed by atoms with Crippen LogP contribution >= 0.6 is 0 Å².